The molecule has 0 atom stereocenters. The number of anilines is 1. The fourth-order valence-electron chi connectivity index (χ4n) is 3.14. The topological polar surface area (TPSA) is 79.4 Å². The van der Waals surface area contributed by atoms with Gasteiger partial charge in [0.15, 0.2) is 5.13 Å². The summed E-state index contributed by atoms with van der Waals surface area (Å²) in [6.45, 7) is 1.06. The average molecular weight is 432 g/mol. The third-order valence-corrected chi connectivity index (χ3v) is 7.33. The van der Waals surface area contributed by atoms with Crippen molar-refractivity contribution in [3.8, 4) is 11.3 Å². The summed E-state index contributed by atoms with van der Waals surface area (Å²) in [5.74, 6) is -0.750. The number of halogens is 1. The normalized spacial score (nSPS) is 14.8. The Balaban J connectivity index is 1.46. The fourth-order valence-corrected chi connectivity index (χ4v) is 5.37. The number of hydrogen-bond acceptors (Lipinski definition) is 5. The van der Waals surface area contributed by atoms with E-state index in [2.05, 4.69) is 10.3 Å². The molecule has 1 saturated heterocycles. The van der Waals surface area contributed by atoms with Gasteiger partial charge in [0.25, 0.3) is 5.91 Å². The molecule has 3 aromatic rings. The van der Waals surface area contributed by atoms with Crippen LogP contribution in [0, 0.1) is 5.82 Å². The third-order valence-electron chi connectivity index (χ3n) is 4.66. The Morgan fingerprint density at radius 3 is 2.52 bits per heavy atom. The molecule has 2 aromatic carbocycles. The quantitative estimate of drug-likeness (QED) is 0.663. The average Bonchev–Trinajstić information content (AvgIpc) is 3.41. The van der Waals surface area contributed by atoms with Crippen LogP contribution in [0.3, 0.4) is 0 Å². The minimum atomic E-state index is -3.51. The molecule has 1 amide bonds. The lowest BCUT2D eigenvalue weighted by Gasteiger charge is -2.15. The van der Waals surface area contributed by atoms with Crippen LogP contribution < -0.4 is 5.32 Å². The Kier molecular flexibility index (Phi) is 5.44. The van der Waals surface area contributed by atoms with E-state index in [1.807, 2.05) is 0 Å². The monoisotopic (exact) mass is 431 g/mol. The van der Waals surface area contributed by atoms with Gasteiger partial charge in [-0.1, -0.05) is 12.1 Å². The number of benzene rings is 2. The zero-order valence-electron chi connectivity index (χ0n) is 15.3. The van der Waals surface area contributed by atoms with Crippen molar-refractivity contribution in [2.75, 3.05) is 18.4 Å². The van der Waals surface area contributed by atoms with E-state index in [1.54, 1.807) is 17.5 Å². The SMILES string of the molecule is O=C(Nc1nc(-c2cccc(F)c2)cs1)c1ccc(S(=O)(=O)N2CCCC2)cc1. The number of sulfonamides is 1. The second-order valence-electron chi connectivity index (χ2n) is 6.64. The Morgan fingerprint density at radius 2 is 1.83 bits per heavy atom. The van der Waals surface area contributed by atoms with Crippen LogP contribution in [0.15, 0.2) is 58.8 Å². The number of carbonyl (C=O) groups excluding carboxylic acids is 1. The number of rotatable bonds is 5. The number of carbonyl (C=O) groups is 1. The van der Waals surface area contributed by atoms with Gasteiger partial charge in [0.1, 0.15) is 5.82 Å². The van der Waals surface area contributed by atoms with Crippen LogP contribution in [0.1, 0.15) is 23.2 Å². The summed E-state index contributed by atoms with van der Waals surface area (Å²) in [6.07, 6.45) is 1.73. The molecule has 9 heteroatoms. The predicted molar refractivity (Wildman–Crippen MR) is 110 cm³/mol. The van der Waals surface area contributed by atoms with Crippen LogP contribution in [0.2, 0.25) is 0 Å². The maximum atomic E-state index is 13.4. The Hall–Kier alpha value is -2.62. The summed E-state index contributed by atoms with van der Waals surface area (Å²) < 4.78 is 39.9. The van der Waals surface area contributed by atoms with E-state index in [9.17, 15) is 17.6 Å². The van der Waals surface area contributed by atoms with E-state index < -0.39 is 15.9 Å². The van der Waals surface area contributed by atoms with E-state index in [4.69, 9.17) is 0 Å². The highest BCUT2D eigenvalue weighted by Crippen LogP contribution is 2.26. The first-order valence-corrected chi connectivity index (χ1v) is 11.4. The molecular formula is C20H18FN3O3S2. The van der Waals surface area contributed by atoms with Gasteiger partial charge in [0.2, 0.25) is 10.0 Å². The third kappa shape index (κ3) is 4.21. The summed E-state index contributed by atoms with van der Waals surface area (Å²) in [7, 11) is -3.51. The van der Waals surface area contributed by atoms with Crippen molar-refractivity contribution in [3.63, 3.8) is 0 Å². The summed E-state index contributed by atoms with van der Waals surface area (Å²) in [5, 5.41) is 4.80. The van der Waals surface area contributed by atoms with E-state index in [0.29, 0.717) is 35.0 Å². The molecular weight excluding hydrogens is 413 g/mol. The molecule has 1 N–H and O–H groups in total. The first-order valence-electron chi connectivity index (χ1n) is 9.06. The van der Waals surface area contributed by atoms with Crippen LogP contribution in [0.5, 0.6) is 0 Å². The standard InChI is InChI=1S/C20H18FN3O3S2/c21-16-5-3-4-15(12-16)18-13-28-20(22-18)23-19(25)14-6-8-17(9-7-14)29(26,27)24-10-1-2-11-24/h3-9,12-13H,1-2,10-11H2,(H,22,23,25). The van der Waals surface area contributed by atoms with Crippen molar-refractivity contribution >= 4 is 32.4 Å². The molecule has 0 aliphatic carbocycles. The van der Waals surface area contributed by atoms with Gasteiger partial charge in [-0.05, 0) is 49.2 Å². The highest BCUT2D eigenvalue weighted by atomic mass is 32.2. The fraction of sp³-hybridized carbons (Fsp3) is 0.200. The predicted octanol–water partition coefficient (Wildman–Crippen LogP) is 3.99. The van der Waals surface area contributed by atoms with E-state index in [0.717, 1.165) is 12.8 Å². The number of thiazole rings is 1. The number of aromatic nitrogens is 1. The van der Waals surface area contributed by atoms with E-state index >= 15 is 0 Å². The van der Waals surface area contributed by atoms with Crippen molar-refractivity contribution < 1.29 is 17.6 Å². The zero-order chi connectivity index (χ0) is 20.4. The molecule has 1 fully saturated rings. The molecule has 0 saturated carbocycles. The first kappa shape index (κ1) is 19.7. The lowest BCUT2D eigenvalue weighted by molar-refractivity contribution is 0.102. The van der Waals surface area contributed by atoms with Gasteiger partial charge in [0, 0.05) is 29.6 Å². The number of hydrogen-bond donors (Lipinski definition) is 1. The maximum Gasteiger partial charge on any atom is 0.257 e. The highest BCUT2D eigenvalue weighted by Gasteiger charge is 2.27. The molecule has 0 radical (unpaired) electrons. The molecule has 0 bridgehead atoms. The van der Waals surface area contributed by atoms with Gasteiger partial charge >= 0.3 is 0 Å². The van der Waals surface area contributed by atoms with E-state index in [-0.39, 0.29) is 10.7 Å². The van der Waals surface area contributed by atoms with E-state index in [1.165, 1.54) is 52.0 Å². The maximum absolute atomic E-state index is 13.4. The van der Waals surface area contributed by atoms with Crippen molar-refractivity contribution in [1.82, 2.24) is 9.29 Å². The van der Waals surface area contributed by atoms with Crippen molar-refractivity contribution in [1.29, 1.82) is 0 Å². The summed E-state index contributed by atoms with van der Waals surface area (Å²) in [5.41, 5.74) is 1.52. The van der Waals surface area contributed by atoms with Gasteiger partial charge < -0.3 is 0 Å². The van der Waals surface area contributed by atoms with Gasteiger partial charge in [0.05, 0.1) is 10.6 Å². The van der Waals surface area contributed by atoms with Gasteiger partial charge in [-0.2, -0.15) is 4.31 Å². The summed E-state index contributed by atoms with van der Waals surface area (Å²) in [6, 6.07) is 11.9. The molecule has 1 aromatic heterocycles. The van der Waals surface area contributed by atoms with Crippen molar-refractivity contribution in [2.45, 2.75) is 17.7 Å². The summed E-state index contributed by atoms with van der Waals surface area (Å²) in [4.78, 5) is 17.0. The minimum absolute atomic E-state index is 0.179. The van der Waals surface area contributed by atoms with Crippen molar-refractivity contribution in [2.24, 2.45) is 0 Å². The molecule has 0 unspecified atom stereocenters. The minimum Gasteiger partial charge on any atom is -0.298 e. The van der Waals surface area contributed by atoms with Crippen LogP contribution in [0.25, 0.3) is 11.3 Å². The molecule has 29 heavy (non-hydrogen) atoms. The van der Waals surface area contributed by atoms with Crippen LogP contribution in [-0.4, -0.2) is 36.7 Å². The number of amides is 1. The Bertz CT molecular complexity index is 1140. The largest absolute Gasteiger partial charge is 0.298 e. The lowest BCUT2D eigenvalue weighted by Crippen LogP contribution is -2.27. The molecule has 1 aliphatic heterocycles. The molecule has 6 nitrogen and oxygen atoms in total. The number of nitrogens with zero attached hydrogens (tertiary/aromatic N) is 2. The molecule has 4 rings (SSSR count). The summed E-state index contributed by atoms with van der Waals surface area (Å²) >= 11 is 1.23. The van der Waals surface area contributed by atoms with Crippen LogP contribution in [-0.2, 0) is 10.0 Å². The van der Waals surface area contributed by atoms with Crippen molar-refractivity contribution in [3.05, 3.63) is 65.3 Å². The first-order chi connectivity index (χ1) is 13.9. The lowest BCUT2D eigenvalue weighted by atomic mass is 10.2. The number of nitrogens with one attached hydrogen (secondary N) is 1. The Morgan fingerprint density at radius 1 is 1.10 bits per heavy atom. The molecule has 150 valence electrons. The zero-order valence-corrected chi connectivity index (χ0v) is 17.0. The molecule has 0 spiro atoms. The second-order valence-corrected chi connectivity index (χ2v) is 9.43. The molecule has 1 aliphatic rings. The van der Waals surface area contributed by atoms with Crippen LogP contribution >= 0.6 is 11.3 Å². The Labute approximate surface area is 172 Å². The second kappa shape index (κ2) is 8.02. The van der Waals surface area contributed by atoms with Gasteiger partial charge in [-0.15, -0.1) is 11.3 Å². The van der Waals surface area contributed by atoms with Gasteiger partial charge in [-0.25, -0.2) is 17.8 Å². The van der Waals surface area contributed by atoms with Crippen LogP contribution in [0.4, 0.5) is 9.52 Å². The highest BCUT2D eigenvalue weighted by molar-refractivity contribution is 7.89. The smallest absolute Gasteiger partial charge is 0.257 e. The van der Waals surface area contributed by atoms with Gasteiger partial charge in [-0.3, -0.25) is 10.1 Å². The molecule has 2 heterocycles.